The van der Waals surface area contributed by atoms with Crippen LogP contribution >= 0.6 is 0 Å². The van der Waals surface area contributed by atoms with Gasteiger partial charge in [0.05, 0.1) is 31.1 Å². The van der Waals surface area contributed by atoms with Crippen LogP contribution in [-0.4, -0.2) is 38.3 Å². The van der Waals surface area contributed by atoms with Gasteiger partial charge >= 0.3 is 0 Å². The van der Waals surface area contributed by atoms with Gasteiger partial charge in [-0.05, 0) is 12.1 Å². The van der Waals surface area contributed by atoms with Crippen molar-refractivity contribution in [3.05, 3.63) is 18.3 Å². The number of hydrogen-bond acceptors (Lipinski definition) is 4. The molecule has 0 aromatic carbocycles. The standard InChI is InChI=1S/C10H15N3O/c1-13(2)9-3-4-10(11-5-9)12-8-6-14-7-8/h3-5,8H,6-7H2,1-2H3,(H,11,12). The second-order valence-corrected chi connectivity index (χ2v) is 3.67. The summed E-state index contributed by atoms with van der Waals surface area (Å²) in [5, 5.41) is 3.29. The van der Waals surface area contributed by atoms with Crippen molar-refractivity contribution in [3.8, 4) is 0 Å². The molecule has 1 saturated heterocycles. The highest BCUT2D eigenvalue weighted by Gasteiger charge is 2.17. The highest BCUT2D eigenvalue weighted by Crippen LogP contribution is 2.14. The lowest BCUT2D eigenvalue weighted by Crippen LogP contribution is -2.40. The molecular weight excluding hydrogens is 178 g/mol. The molecule has 0 radical (unpaired) electrons. The second-order valence-electron chi connectivity index (χ2n) is 3.67. The molecular formula is C10H15N3O. The van der Waals surface area contributed by atoms with Gasteiger partial charge in [-0.2, -0.15) is 0 Å². The number of hydrogen-bond donors (Lipinski definition) is 1. The first-order valence-electron chi connectivity index (χ1n) is 4.73. The normalized spacial score (nSPS) is 16.1. The van der Waals surface area contributed by atoms with E-state index in [2.05, 4.69) is 16.4 Å². The van der Waals surface area contributed by atoms with Crippen LogP contribution in [0.2, 0.25) is 0 Å². The molecule has 1 N–H and O–H groups in total. The van der Waals surface area contributed by atoms with Gasteiger partial charge in [-0.15, -0.1) is 0 Å². The molecule has 2 heterocycles. The Morgan fingerprint density at radius 2 is 2.21 bits per heavy atom. The van der Waals surface area contributed by atoms with Crippen molar-refractivity contribution < 1.29 is 4.74 Å². The molecule has 14 heavy (non-hydrogen) atoms. The highest BCUT2D eigenvalue weighted by atomic mass is 16.5. The molecule has 1 aromatic rings. The Hall–Kier alpha value is -1.29. The van der Waals surface area contributed by atoms with Crippen molar-refractivity contribution in [3.63, 3.8) is 0 Å². The molecule has 1 aromatic heterocycles. The first kappa shape index (κ1) is 9.27. The molecule has 0 spiro atoms. The van der Waals surface area contributed by atoms with Gasteiger partial charge in [-0.25, -0.2) is 4.98 Å². The SMILES string of the molecule is CN(C)c1ccc(NC2COC2)nc1. The summed E-state index contributed by atoms with van der Waals surface area (Å²) >= 11 is 0. The monoisotopic (exact) mass is 193 g/mol. The zero-order valence-electron chi connectivity index (χ0n) is 8.53. The Morgan fingerprint density at radius 1 is 1.43 bits per heavy atom. The summed E-state index contributed by atoms with van der Waals surface area (Å²) in [6.45, 7) is 1.58. The number of nitrogens with zero attached hydrogens (tertiary/aromatic N) is 2. The van der Waals surface area contributed by atoms with E-state index in [0.29, 0.717) is 6.04 Å². The predicted octanol–water partition coefficient (Wildman–Crippen LogP) is 0.958. The van der Waals surface area contributed by atoms with Gasteiger partial charge in [0.15, 0.2) is 0 Å². The van der Waals surface area contributed by atoms with E-state index in [1.54, 1.807) is 0 Å². The Kier molecular flexibility index (Phi) is 2.54. The van der Waals surface area contributed by atoms with Gasteiger partial charge in [0.25, 0.3) is 0 Å². The molecule has 1 fully saturated rings. The fraction of sp³-hybridized carbons (Fsp3) is 0.500. The minimum atomic E-state index is 0.438. The number of nitrogens with one attached hydrogen (secondary N) is 1. The van der Waals surface area contributed by atoms with E-state index >= 15 is 0 Å². The molecule has 4 heteroatoms. The summed E-state index contributed by atoms with van der Waals surface area (Å²) in [4.78, 5) is 6.34. The Morgan fingerprint density at radius 3 is 2.64 bits per heavy atom. The zero-order valence-corrected chi connectivity index (χ0v) is 8.53. The van der Waals surface area contributed by atoms with Gasteiger partial charge < -0.3 is 15.0 Å². The predicted molar refractivity (Wildman–Crippen MR) is 56.8 cm³/mol. The maximum absolute atomic E-state index is 5.07. The van der Waals surface area contributed by atoms with Crippen molar-refractivity contribution in [2.24, 2.45) is 0 Å². The van der Waals surface area contributed by atoms with Gasteiger partial charge in [-0.3, -0.25) is 0 Å². The summed E-state index contributed by atoms with van der Waals surface area (Å²) in [6.07, 6.45) is 1.86. The van der Waals surface area contributed by atoms with E-state index in [1.807, 2.05) is 31.3 Å². The summed E-state index contributed by atoms with van der Waals surface area (Å²) in [7, 11) is 4.01. The summed E-state index contributed by atoms with van der Waals surface area (Å²) in [5.74, 6) is 0.920. The average Bonchev–Trinajstić information content (AvgIpc) is 2.12. The molecule has 0 saturated carbocycles. The van der Waals surface area contributed by atoms with Crippen LogP contribution < -0.4 is 10.2 Å². The molecule has 0 bridgehead atoms. The Labute approximate surface area is 83.9 Å². The molecule has 0 aliphatic carbocycles. The van der Waals surface area contributed by atoms with Crippen molar-refractivity contribution in [2.45, 2.75) is 6.04 Å². The molecule has 1 aliphatic heterocycles. The van der Waals surface area contributed by atoms with Crippen molar-refractivity contribution >= 4 is 11.5 Å². The van der Waals surface area contributed by atoms with E-state index < -0.39 is 0 Å². The fourth-order valence-electron chi connectivity index (χ4n) is 1.26. The van der Waals surface area contributed by atoms with Crippen LogP contribution in [-0.2, 0) is 4.74 Å². The van der Waals surface area contributed by atoms with E-state index in [4.69, 9.17) is 4.74 Å². The third kappa shape index (κ3) is 1.96. The van der Waals surface area contributed by atoms with Crippen LogP contribution in [0.5, 0.6) is 0 Å². The maximum atomic E-state index is 5.07. The maximum Gasteiger partial charge on any atom is 0.126 e. The van der Waals surface area contributed by atoms with Crippen molar-refractivity contribution in [1.82, 2.24) is 4.98 Å². The number of rotatable bonds is 3. The van der Waals surface area contributed by atoms with Gasteiger partial charge in [0.1, 0.15) is 5.82 Å². The second kappa shape index (κ2) is 3.84. The third-order valence-corrected chi connectivity index (χ3v) is 2.25. The van der Waals surface area contributed by atoms with Crippen LogP contribution in [0.4, 0.5) is 11.5 Å². The Bertz CT molecular complexity index is 293. The quantitative estimate of drug-likeness (QED) is 0.775. The third-order valence-electron chi connectivity index (χ3n) is 2.25. The lowest BCUT2D eigenvalue weighted by Gasteiger charge is -2.27. The minimum Gasteiger partial charge on any atom is -0.377 e. The molecule has 2 rings (SSSR count). The van der Waals surface area contributed by atoms with Gasteiger partial charge in [0, 0.05) is 14.1 Å². The smallest absolute Gasteiger partial charge is 0.126 e. The Balaban J connectivity index is 1.98. The largest absolute Gasteiger partial charge is 0.377 e. The number of pyridine rings is 1. The lowest BCUT2D eigenvalue weighted by molar-refractivity contribution is 0.0209. The summed E-state index contributed by atoms with van der Waals surface area (Å²) < 4.78 is 5.07. The molecule has 0 unspecified atom stereocenters. The molecule has 76 valence electrons. The van der Waals surface area contributed by atoms with E-state index in [9.17, 15) is 0 Å². The van der Waals surface area contributed by atoms with Gasteiger partial charge in [0.2, 0.25) is 0 Å². The van der Waals surface area contributed by atoms with E-state index in [0.717, 1.165) is 24.7 Å². The van der Waals surface area contributed by atoms with Crippen LogP contribution in [0.3, 0.4) is 0 Å². The van der Waals surface area contributed by atoms with E-state index in [-0.39, 0.29) is 0 Å². The lowest BCUT2D eigenvalue weighted by atomic mass is 10.2. The topological polar surface area (TPSA) is 37.4 Å². The first-order chi connectivity index (χ1) is 6.75. The first-order valence-corrected chi connectivity index (χ1v) is 4.73. The summed E-state index contributed by atoms with van der Waals surface area (Å²) in [5.41, 5.74) is 1.11. The molecule has 4 nitrogen and oxygen atoms in total. The van der Waals surface area contributed by atoms with Crippen LogP contribution in [0, 0.1) is 0 Å². The average molecular weight is 193 g/mol. The van der Waals surface area contributed by atoms with Crippen LogP contribution in [0.1, 0.15) is 0 Å². The fourth-order valence-corrected chi connectivity index (χ4v) is 1.26. The molecule has 1 aliphatic rings. The van der Waals surface area contributed by atoms with Crippen LogP contribution in [0.15, 0.2) is 18.3 Å². The minimum absolute atomic E-state index is 0.438. The number of aromatic nitrogens is 1. The number of anilines is 2. The highest BCUT2D eigenvalue weighted by molar-refractivity contribution is 5.48. The van der Waals surface area contributed by atoms with Crippen molar-refractivity contribution in [2.75, 3.05) is 37.5 Å². The molecule has 0 amide bonds. The van der Waals surface area contributed by atoms with Gasteiger partial charge in [-0.1, -0.05) is 0 Å². The van der Waals surface area contributed by atoms with Crippen LogP contribution in [0.25, 0.3) is 0 Å². The number of ether oxygens (including phenoxy) is 1. The van der Waals surface area contributed by atoms with E-state index in [1.165, 1.54) is 0 Å². The summed E-state index contributed by atoms with van der Waals surface area (Å²) in [6, 6.07) is 4.48. The zero-order chi connectivity index (χ0) is 9.97. The molecule has 0 atom stereocenters. The van der Waals surface area contributed by atoms with Crippen molar-refractivity contribution in [1.29, 1.82) is 0 Å².